The van der Waals surface area contributed by atoms with Crippen LogP contribution in [0.25, 0.3) is 0 Å². The van der Waals surface area contributed by atoms with E-state index >= 15 is 0 Å². The molecule has 0 spiro atoms. The highest BCUT2D eigenvalue weighted by atomic mass is 19.4. The quantitative estimate of drug-likeness (QED) is 0.804. The Balaban J connectivity index is 0.000000370. The lowest BCUT2D eigenvalue weighted by Gasteiger charge is -2.37. The Morgan fingerprint density at radius 2 is 2.00 bits per heavy atom. The van der Waals surface area contributed by atoms with Gasteiger partial charge in [-0.3, -0.25) is 4.90 Å². The summed E-state index contributed by atoms with van der Waals surface area (Å²) < 4.78 is 42.6. The largest absolute Gasteiger partial charge is 0.490 e. The van der Waals surface area contributed by atoms with E-state index in [0.717, 1.165) is 43.9 Å². The Bertz CT molecular complexity index is 765. The molecule has 0 unspecified atom stereocenters. The molecule has 160 valence electrons. The highest BCUT2D eigenvalue weighted by Crippen LogP contribution is 2.24. The van der Waals surface area contributed by atoms with E-state index in [-0.39, 0.29) is 0 Å². The van der Waals surface area contributed by atoms with Gasteiger partial charge in [-0.05, 0) is 25.3 Å². The Morgan fingerprint density at radius 1 is 1.34 bits per heavy atom. The summed E-state index contributed by atoms with van der Waals surface area (Å²) in [5.74, 6) is -1.36. The Kier molecular flexibility index (Phi) is 8.21. The number of aryl methyl sites for hydroxylation is 1. The number of carboxylic acids is 1. The van der Waals surface area contributed by atoms with E-state index in [2.05, 4.69) is 40.4 Å². The normalized spacial score (nSPS) is 20.0. The summed E-state index contributed by atoms with van der Waals surface area (Å²) in [4.78, 5) is 11.4. The molecule has 0 saturated carbocycles. The van der Waals surface area contributed by atoms with Gasteiger partial charge in [0.25, 0.3) is 0 Å². The zero-order chi connectivity index (χ0) is 21.4. The first-order chi connectivity index (χ1) is 13.7. The molecule has 1 aliphatic rings. The molecular weight excluding hydrogens is 389 g/mol. The number of rotatable bonds is 5. The topological polar surface area (TPSA) is 75.8 Å². The number of methoxy groups -OCH3 is 1. The van der Waals surface area contributed by atoms with Crippen molar-refractivity contribution in [2.24, 2.45) is 5.92 Å². The summed E-state index contributed by atoms with van der Waals surface area (Å²) >= 11 is 0. The predicted octanol–water partition coefficient (Wildman–Crippen LogP) is 3.70. The smallest absolute Gasteiger partial charge is 0.475 e. The summed E-state index contributed by atoms with van der Waals surface area (Å²) in [6.07, 6.45) is -2.60. The zero-order valence-corrected chi connectivity index (χ0v) is 16.4. The van der Waals surface area contributed by atoms with Crippen LogP contribution in [-0.4, -0.2) is 53.6 Å². The highest BCUT2D eigenvalue weighted by molar-refractivity contribution is 5.73. The van der Waals surface area contributed by atoms with Crippen molar-refractivity contribution in [2.75, 3.05) is 20.2 Å². The predicted molar refractivity (Wildman–Crippen MR) is 99.3 cm³/mol. The molecule has 1 aliphatic heterocycles. The molecule has 1 N–H and O–H groups in total. The third-order valence-corrected chi connectivity index (χ3v) is 4.70. The summed E-state index contributed by atoms with van der Waals surface area (Å²) in [6, 6.07) is 12.7. The number of likely N-dealkylation sites (tertiary alicyclic amines) is 1. The molecule has 1 fully saturated rings. The van der Waals surface area contributed by atoms with Gasteiger partial charge in [0.15, 0.2) is 0 Å². The van der Waals surface area contributed by atoms with E-state index in [1.807, 2.05) is 20.1 Å². The number of carboxylic acid groups (broad SMARTS) is 1. The standard InChI is InChI=1S/C18H24N2O2.C2HF3O2/c1-14-10-17(19-22-14)13-20-9-8-18(21-2)16(12-20)11-15-6-4-3-5-7-15;3-2(4,5)1(6)7/h3-7,10,16,18H,8-9,11-13H2,1-2H3;(H,6,7)/t16-,18-;/m0./s1. The maximum absolute atomic E-state index is 10.6. The number of aromatic nitrogens is 1. The molecule has 9 heteroatoms. The van der Waals surface area contributed by atoms with Crippen molar-refractivity contribution in [2.45, 2.75) is 38.6 Å². The van der Waals surface area contributed by atoms with Crippen molar-refractivity contribution >= 4 is 5.97 Å². The molecule has 1 saturated heterocycles. The fourth-order valence-corrected chi connectivity index (χ4v) is 3.37. The van der Waals surface area contributed by atoms with Crippen LogP contribution in [0.4, 0.5) is 13.2 Å². The number of hydrogen-bond donors (Lipinski definition) is 1. The summed E-state index contributed by atoms with van der Waals surface area (Å²) in [5, 5.41) is 11.2. The second kappa shape index (κ2) is 10.4. The first-order valence-corrected chi connectivity index (χ1v) is 9.20. The van der Waals surface area contributed by atoms with Gasteiger partial charge in [-0.25, -0.2) is 4.79 Å². The van der Waals surface area contributed by atoms with Gasteiger partial charge >= 0.3 is 12.1 Å². The van der Waals surface area contributed by atoms with Crippen LogP contribution in [0.2, 0.25) is 0 Å². The second-order valence-corrected chi connectivity index (χ2v) is 6.98. The van der Waals surface area contributed by atoms with Crippen molar-refractivity contribution in [1.29, 1.82) is 0 Å². The van der Waals surface area contributed by atoms with Crippen LogP contribution in [0.3, 0.4) is 0 Å². The molecule has 0 aliphatic carbocycles. The van der Waals surface area contributed by atoms with Gasteiger partial charge in [0.2, 0.25) is 0 Å². The van der Waals surface area contributed by atoms with E-state index in [1.54, 1.807) is 0 Å². The second-order valence-electron chi connectivity index (χ2n) is 6.98. The van der Waals surface area contributed by atoms with Crippen LogP contribution >= 0.6 is 0 Å². The average Bonchev–Trinajstić information content (AvgIpc) is 3.07. The summed E-state index contributed by atoms with van der Waals surface area (Å²) in [5.41, 5.74) is 2.40. The molecule has 2 aromatic rings. The first kappa shape index (κ1) is 22.9. The number of aliphatic carboxylic acids is 1. The van der Waals surface area contributed by atoms with Crippen molar-refractivity contribution in [3.05, 3.63) is 53.4 Å². The maximum Gasteiger partial charge on any atom is 0.490 e. The molecule has 1 aromatic carbocycles. The lowest BCUT2D eigenvalue weighted by Crippen LogP contribution is -2.44. The van der Waals surface area contributed by atoms with Gasteiger partial charge in [-0.1, -0.05) is 35.5 Å². The minimum Gasteiger partial charge on any atom is -0.475 e. The van der Waals surface area contributed by atoms with Crippen LogP contribution in [-0.2, 0) is 22.5 Å². The van der Waals surface area contributed by atoms with Gasteiger partial charge in [0, 0.05) is 38.7 Å². The molecule has 1 aromatic heterocycles. The number of carbonyl (C=O) groups is 1. The molecule has 6 nitrogen and oxygen atoms in total. The number of benzene rings is 1. The minimum atomic E-state index is -5.08. The van der Waals surface area contributed by atoms with Gasteiger partial charge in [0.05, 0.1) is 11.8 Å². The number of ether oxygens (including phenoxy) is 1. The Hall–Kier alpha value is -2.39. The minimum absolute atomic E-state index is 0.343. The van der Waals surface area contributed by atoms with E-state index in [1.165, 1.54) is 5.56 Å². The lowest BCUT2D eigenvalue weighted by atomic mass is 9.88. The number of alkyl halides is 3. The summed E-state index contributed by atoms with van der Waals surface area (Å²) in [7, 11) is 1.83. The molecule has 29 heavy (non-hydrogen) atoms. The van der Waals surface area contributed by atoms with Gasteiger partial charge in [-0.2, -0.15) is 13.2 Å². The Labute approximate surface area is 167 Å². The SMILES string of the molecule is CO[C@H]1CCN(Cc2cc(C)on2)C[C@@H]1Cc1ccccc1.O=C(O)C(F)(F)F. The number of halogens is 3. The summed E-state index contributed by atoms with van der Waals surface area (Å²) in [6.45, 7) is 4.89. The van der Waals surface area contributed by atoms with Crippen LogP contribution in [0, 0.1) is 12.8 Å². The van der Waals surface area contributed by atoms with E-state index in [0.29, 0.717) is 12.0 Å². The van der Waals surface area contributed by atoms with Crippen LogP contribution in [0.1, 0.15) is 23.4 Å². The van der Waals surface area contributed by atoms with Crippen molar-refractivity contribution in [3.63, 3.8) is 0 Å². The molecule has 0 amide bonds. The van der Waals surface area contributed by atoms with Crippen LogP contribution in [0.5, 0.6) is 0 Å². The number of piperidine rings is 1. The molecular formula is C20H25F3N2O4. The van der Waals surface area contributed by atoms with Crippen molar-refractivity contribution in [1.82, 2.24) is 10.1 Å². The fourth-order valence-electron chi connectivity index (χ4n) is 3.37. The van der Waals surface area contributed by atoms with Gasteiger partial charge in [0.1, 0.15) is 5.76 Å². The van der Waals surface area contributed by atoms with Crippen LogP contribution < -0.4 is 0 Å². The molecule has 0 bridgehead atoms. The monoisotopic (exact) mass is 414 g/mol. The molecule has 2 heterocycles. The van der Waals surface area contributed by atoms with Gasteiger partial charge in [-0.15, -0.1) is 0 Å². The van der Waals surface area contributed by atoms with E-state index < -0.39 is 12.1 Å². The fraction of sp³-hybridized carbons (Fsp3) is 0.500. The average molecular weight is 414 g/mol. The number of hydrogen-bond acceptors (Lipinski definition) is 5. The highest BCUT2D eigenvalue weighted by Gasteiger charge is 2.38. The molecule has 3 rings (SSSR count). The Morgan fingerprint density at radius 3 is 2.52 bits per heavy atom. The zero-order valence-electron chi connectivity index (χ0n) is 16.4. The third-order valence-electron chi connectivity index (χ3n) is 4.70. The molecule has 2 atom stereocenters. The first-order valence-electron chi connectivity index (χ1n) is 9.20. The van der Waals surface area contributed by atoms with Crippen molar-refractivity contribution < 1.29 is 32.3 Å². The molecule has 0 radical (unpaired) electrons. The maximum atomic E-state index is 10.6. The van der Waals surface area contributed by atoms with Crippen molar-refractivity contribution in [3.8, 4) is 0 Å². The number of nitrogens with zero attached hydrogens (tertiary/aromatic N) is 2. The van der Waals surface area contributed by atoms with E-state index in [4.69, 9.17) is 19.2 Å². The lowest BCUT2D eigenvalue weighted by molar-refractivity contribution is -0.192. The van der Waals surface area contributed by atoms with E-state index in [9.17, 15) is 13.2 Å². The van der Waals surface area contributed by atoms with Crippen LogP contribution in [0.15, 0.2) is 40.9 Å². The van der Waals surface area contributed by atoms with Gasteiger partial charge < -0.3 is 14.4 Å². The third kappa shape index (κ3) is 7.51.